The molecule has 0 aliphatic carbocycles. The third-order valence-electron chi connectivity index (χ3n) is 3.27. The first-order valence-electron chi connectivity index (χ1n) is 8.91. The quantitative estimate of drug-likeness (QED) is 0.225. The van der Waals surface area contributed by atoms with Crippen LogP contribution in [0.5, 0.6) is 0 Å². The van der Waals surface area contributed by atoms with E-state index in [9.17, 15) is 4.79 Å². The molecule has 1 unspecified atom stereocenters. The second-order valence-corrected chi connectivity index (χ2v) is 6.75. The molecular formula is C19H33IN4O3. The average Bonchev–Trinajstić information content (AvgIpc) is 2.57. The minimum Gasteiger partial charge on any atom is -0.444 e. The van der Waals surface area contributed by atoms with E-state index in [1.165, 1.54) is 0 Å². The van der Waals surface area contributed by atoms with Crippen molar-refractivity contribution in [2.24, 2.45) is 4.99 Å². The number of carbonyl (C=O) groups excluding carboxylic acids is 1. The van der Waals surface area contributed by atoms with Crippen LogP contribution in [0.3, 0.4) is 0 Å². The molecule has 1 aromatic rings. The largest absolute Gasteiger partial charge is 0.444 e. The Bertz CT molecular complexity index is 562. The average molecular weight is 492 g/mol. The first-order valence-corrected chi connectivity index (χ1v) is 8.91. The van der Waals surface area contributed by atoms with Gasteiger partial charge in [-0.3, -0.25) is 4.99 Å². The Morgan fingerprint density at radius 3 is 2.41 bits per heavy atom. The Hall–Kier alpha value is -1.55. The van der Waals surface area contributed by atoms with E-state index in [1.54, 1.807) is 7.11 Å². The highest BCUT2D eigenvalue weighted by atomic mass is 127. The van der Waals surface area contributed by atoms with E-state index in [1.807, 2.05) is 58.0 Å². The van der Waals surface area contributed by atoms with Crippen molar-refractivity contribution in [3.63, 3.8) is 0 Å². The molecule has 0 spiro atoms. The third kappa shape index (κ3) is 11.7. The van der Waals surface area contributed by atoms with Gasteiger partial charge in [0.15, 0.2) is 5.96 Å². The summed E-state index contributed by atoms with van der Waals surface area (Å²) in [6.45, 7) is 9.88. The molecule has 1 atom stereocenters. The van der Waals surface area contributed by atoms with Crippen LogP contribution >= 0.6 is 24.0 Å². The maximum atomic E-state index is 12.2. The number of alkyl carbamates (subject to hydrolysis) is 1. The first kappa shape index (κ1) is 25.4. The van der Waals surface area contributed by atoms with Crippen molar-refractivity contribution >= 4 is 36.0 Å². The number of hydrogen-bond donors (Lipinski definition) is 3. The van der Waals surface area contributed by atoms with Crippen LogP contribution in [0, 0.1) is 0 Å². The number of aliphatic imine (C=N–C) groups is 1. The van der Waals surface area contributed by atoms with Gasteiger partial charge in [-0.05, 0) is 33.3 Å². The van der Waals surface area contributed by atoms with Crippen LogP contribution in [0.1, 0.15) is 39.3 Å². The van der Waals surface area contributed by atoms with Crippen molar-refractivity contribution in [3.05, 3.63) is 35.9 Å². The van der Waals surface area contributed by atoms with Gasteiger partial charge in [0.25, 0.3) is 0 Å². The normalized spacial score (nSPS) is 12.6. The Kier molecular flexibility index (Phi) is 12.8. The first-order chi connectivity index (χ1) is 12.4. The standard InChI is InChI=1S/C19H32N4O3.HI/c1-6-20-17(21-12-13-25-5)22-14-16(15-10-8-7-9-11-15)23-18(24)26-19(2,3)4;/h7-11,16H,6,12-14H2,1-5H3,(H,23,24)(H2,20,21,22);1H. The molecule has 27 heavy (non-hydrogen) atoms. The number of benzene rings is 1. The van der Waals surface area contributed by atoms with Crippen molar-refractivity contribution < 1.29 is 14.3 Å². The summed E-state index contributed by atoms with van der Waals surface area (Å²) < 4.78 is 10.4. The molecule has 7 nitrogen and oxygen atoms in total. The summed E-state index contributed by atoms with van der Waals surface area (Å²) in [7, 11) is 1.65. The van der Waals surface area contributed by atoms with E-state index < -0.39 is 11.7 Å². The van der Waals surface area contributed by atoms with Crippen molar-refractivity contribution in [1.82, 2.24) is 16.0 Å². The summed E-state index contributed by atoms with van der Waals surface area (Å²) in [5, 5.41) is 9.28. The zero-order valence-electron chi connectivity index (χ0n) is 16.9. The summed E-state index contributed by atoms with van der Waals surface area (Å²) in [6.07, 6.45) is -0.459. The highest BCUT2D eigenvalue weighted by Gasteiger charge is 2.20. The lowest BCUT2D eigenvalue weighted by molar-refractivity contribution is 0.0505. The van der Waals surface area contributed by atoms with Crippen LogP contribution in [0.2, 0.25) is 0 Å². The summed E-state index contributed by atoms with van der Waals surface area (Å²) >= 11 is 0. The molecule has 154 valence electrons. The summed E-state index contributed by atoms with van der Waals surface area (Å²) in [5.74, 6) is 0.677. The van der Waals surface area contributed by atoms with E-state index in [2.05, 4.69) is 20.9 Å². The van der Waals surface area contributed by atoms with Gasteiger partial charge in [0, 0.05) is 20.2 Å². The Labute approximate surface area is 179 Å². The van der Waals surface area contributed by atoms with Crippen LogP contribution in [-0.4, -0.2) is 51.0 Å². The highest BCUT2D eigenvalue weighted by Crippen LogP contribution is 2.15. The molecule has 8 heteroatoms. The van der Waals surface area contributed by atoms with Crippen LogP contribution in [0.25, 0.3) is 0 Å². The van der Waals surface area contributed by atoms with Gasteiger partial charge < -0.3 is 25.4 Å². The van der Waals surface area contributed by atoms with Crippen molar-refractivity contribution in [1.29, 1.82) is 0 Å². The SMILES string of the molecule is CCNC(=NCC(NC(=O)OC(C)(C)C)c1ccccc1)NCCOC.I. The van der Waals surface area contributed by atoms with Crippen LogP contribution in [0.4, 0.5) is 4.79 Å². The maximum absolute atomic E-state index is 12.2. The second kappa shape index (κ2) is 13.6. The predicted octanol–water partition coefficient (Wildman–Crippen LogP) is 3.07. The number of rotatable bonds is 8. The van der Waals surface area contributed by atoms with Crippen LogP contribution in [0.15, 0.2) is 35.3 Å². The molecular weight excluding hydrogens is 459 g/mol. The number of halogens is 1. The molecule has 0 fully saturated rings. The summed E-state index contributed by atoms with van der Waals surface area (Å²) in [4.78, 5) is 16.8. The molecule has 0 radical (unpaired) electrons. The van der Waals surface area contributed by atoms with Crippen molar-refractivity contribution in [2.75, 3.05) is 33.4 Å². The third-order valence-corrected chi connectivity index (χ3v) is 3.27. The number of carbonyl (C=O) groups is 1. The van der Waals surface area contributed by atoms with Gasteiger partial charge in [0.05, 0.1) is 19.2 Å². The van der Waals surface area contributed by atoms with Gasteiger partial charge in [-0.15, -0.1) is 24.0 Å². The lowest BCUT2D eigenvalue weighted by Crippen LogP contribution is -2.40. The van der Waals surface area contributed by atoms with Crippen LogP contribution < -0.4 is 16.0 Å². The molecule has 0 bridgehead atoms. The summed E-state index contributed by atoms with van der Waals surface area (Å²) in [6, 6.07) is 9.44. The van der Waals surface area contributed by atoms with Crippen molar-refractivity contribution in [3.8, 4) is 0 Å². The monoisotopic (exact) mass is 492 g/mol. The number of amides is 1. The molecule has 1 rings (SSSR count). The van der Waals surface area contributed by atoms with E-state index in [0.29, 0.717) is 25.7 Å². The van der Waals surface area contributed by atoms with Gasteiger partial charge in [0.1, 0.15) is 5.60 Å². The fraction of sp³-hybridized carbons (Fsp3) is 0.579. The highest BCUT2D eigenvalue weighted by molar-refractivity contribution is 14.0. The zero-order chi connectivity index (χ0) is 19.4. The van der Waals surface area contributed by atoms with E-state index in [-0.39, 0.29) is 30.0 Å². The fourth-order valence-corrected chi connectivity index (χ4v) is 2.17. The maximum Gasteiger partial charge on any atom is 0.408 e. The molecule has 0 saturated carbocycles. The molecule has 3 N–H and O–H groups in total. The number of ether oxygens (including phenoxy) is 2. The number of nitrogens with one attached hydrogen (secondary N) is 3. The Morgan fingerprint density at radius 1 is 1.19 bits per heavy atom. The molecule has 1 aromatic carbocycles. The lowest BCUT2D eigenvalue weighted by Gasteiger charge is -2.23. The molecule has 0 aromatic heterocycles. The number of methoxy groups -OCH3 is 1. The minimum atomic E-state index is -0.550. The van der Waals surface area contributed by atoms with Gasteiger partial charge in [-0.1, -0.05) is 30.3 Å². The fourth-order valence-electron chi connectivity index (χ4n) is 2.17. The zero-order valence-corrected chi connectivity index (χ0v) is 19.2. The molecule has 0 aliphatic heterocycles. The molecule has 0 saturated heterocycles. The number of guanidine groups is 1. The van der Waals surface area contributed by atoms with Crippen molar-refractivity contribution in [2.45, 2.75) is 39.3 Å². The Balaban J connectivity index is 0.00000676. The molecule has 0 aliphatic rings. The molecule has 1 amide bonds. The van der Waals surface area contributed by atoms with Gasteiger partial charge >= 0.3 is 6.09 Å². The van der Waals surface area contributed by atoms with Crippen LogP contribution in [-0.2, 0) is 9.47 Å². The summed E-state index contributed by atoms with van der Waals surface area (Å²) in [5.41, 5.74) is 0.417. The van der Waals surface area contributed by atoms with E-state index >= 15 is 0 Å². The predicted molar refractivity (Wildman–Crippen MR) is 120 cm³/mol. The van der Waals surface area contributed by atoms with E-state index in [0.717, 1.165) is 12.1 Å². The second-order valence-electron chi connectivity index (χ2n) is 6.75. The lowest BCUT2D eigenvalue weighted by atomic mass is 10.1. The molecule has 0 heterocycles. The van der Waals surface area contributed by atoms with Gasteiger partial charge in [-0.25, -0.2) is 4.79 Å². The van der Waals surface area contributed by atoms with E-state index in [4.69, 9.17) is 9.47 Å². The number of nitrogens with zero attached hydrogens (tertiary/aromatic N) is 1. The topological polar surface area (TPSA) is 84.0 Å². The number of hydrogen-bond acceptors (Lipinski definition) is 4. The Morgan fingerprint density at radius 2 is 1.85 bits per heavy atom. The smallest absolute Gasteiger partial charge is 0.408 e. The minimum absolute atomic E-state index is 0. The van der Waals surface area contributed by atoms with Gasteiger partial charge in [0.2, 0.25) is 0 Å². The van der Waals surface area contributed by atoms with Gasteiger partial charge in [-0.2, -0.15) is 0 Å².